The number of pyridine rings is 1. The second-order valence-electron chi connectivity index (χ2n) is 3.63. The number of nitrogens with zero attached hydrogens (tertiary/aromatic N) is 1. The van der Waals surface area contributed by atoms with Crippen LogP contribution in [0.3, 0.4) is 0 Å². The summed E-state index contributed by atoms with van der Waals surface area (Å²) in [7, 11) is 0. The SMILES string of the molecule is [2H]c1nc([2H])c(-c2ccccc2O/C=C/C(=O)OCC)c([2H])c1[2H]. The lowest BCUT2D eigenvalue weighted by atomic mass is 10.1. The molecule has 1 heterocycles. The summed E-state index contributed by atoms with van der Waals surface area (Å²) < 4.78 is 41.2. The van der Waals surface area contributed by atoms with Crippen LogP contribution in [-0.2, 0) is 9.53 Å². The van der Waals surface area contributed by atoms with Crippen LogP contribution in [0.5, 0.6) is 5.75 Å². The molecule has 0 atom stereocenters. The molecule has 0 aliphatic rings. The summed E-state index contributed by atoms with van der Waals surface area (Å²) in [5.74, 6) is -0.259. The largest absolute Gasteiger partial charge is 0.464 e. The van der Waals surface area contributed by atoms with Crippen LogP contribution in [0.4, 0.5) is 0 Å². The van der Waals surface area contributed by atoms with Gasteiger partial charge in [-0.1, -0.05) is 24.2 Å². The molecule has 102 valence electrons. The Balaban J connectivity index is 2.40. The van der Waals surface area contributed by atoms with Gasteiger partial charge >= 0.3 is 5.97 Å². The van der Waals surface area contributed by atoms with Gasteiger partial charge in [0.05, 0.1) is 24.4 Å². The van der Waals surface area contributed by atoms with E-state index in [1.165, 1.54) is 0 Å². The van der Waals surface area contributed by atoms with Crippen LogP contribution < -0.4 is 4.74 Å². The van der Waals surface area contributed by atoms with Crippen LogP contribution in [0.2, 0.25) is 0 Å². The van der Waals surface area contributed by atoms with E-state index in [9.17, 15) is 4.79 Å². The molecule has 0 N–H and O–H groups in total. The van der Waals surface area contributed by atoms with E-state index in [1.807, 2.05) is 0 Å². The summed E-state index contributed by atoms with van der Waals surface area (Å²) in [5, 5.41) is 0. The molecule has 0 saturated heterocycles. The highest BCUT2D eigenvalue weighted by molar-refractivity contribution is 5.81. The smallest absolute Gasteiger partial charge is 0.333 e. The van der Waals surface area contributed by atoms with E-state index in [4.69, 9.17) is 15.0 Å². The molecular weight excluding hydrogens is 254 g/mol. The van der Waals surface area contributed by atoms with Gasteiger partial charge in [-0.2, -0.15) is 0 Å². The maximum Gasteiger partial charge on any atom is 0.333 e. The van der Waals surface area contributed by atoms with E-state index in [-0.39, 0.29) is 30.4 Å². The minimum atomic E-state index is -0.550. The van der Waals surface area contributed by atoms with Crippen molar-refractivity contribution in [2.75, 3.05) is 6.61 Å². The van der Waals surface area contributed by atoms with Crippen molar-refractivity contribution in [2.24, 2.45) is 0 Å². The summed E-state index contributed by atoms with van der Waals surface area (Å²) in [6.07, 6.45) is 1.56. The Morgan fingerprint density at radius 2 is 2.30 bits per heavy atom. The normalized spacial score (nSPS) is 13.2. The van der Waals surface area contributed by atoms with Gasteiger partial charge in [0.15, 0.2) is 0 Å². The van der Waals surface area contributed by atoms with Gasteiger partial charge in [0.2, 0.25) is 0 Å². The third-order valence-corrected chi connectivity index (χ3v) is 2.31. The summed E-state index contributed by atoms with van der Waals surface area (Å²) in [4.78, 5) is 14.9. The molecule has 2 aromatic rings. The molecule has 0 aliphatic carbocycles. The molecule has 20 heavy (non-hydrogen) atoms. The predicted molar refractivity (Wildman–Crippen MR) is 76.1 cm³/mol. The fourth-order valence-electron chi connectivity index (χ4n) is 1.49. The molecule has 0 fully saturated rings. The molecule has 0 unspecified atom stereocenters. The molecule has 0 bridgehead atoms. The Morgan fingerprint density at radius 1 is 1.45 bits per heavy atom. The number of hydrogen-bond acceptors (Lipinski definition) is 4. The highest BCUT2D eigenvalue weighted by Crippen LogP contribution is 2.29. The summed E-state index contributed by atoms with van der Waals surface area (Å²) in [6, 6.07) is 5.96. The highest BCUT2D eigenvalue weighted by atomic mass is 16.5. The highest BCUT2D eigenvalue weighted by Gasteiger charge is 2.04. The zero-order chi connectivity index (χ0) is 17.7. The summed E-state index contributed by atoms with van der Waals surface area (Å²) >= 11 is 0. The standard InChI is InChI=1S/C16H15NO3/c1-2-19-16(18)9-11-20-15-8-4-3-7-14(15)13-6-5-10-17-12-13/h3-12H,2H2,1H3/b11-9+/i5D,6D,10D,12D. The Kier molecular flexibility index (Phi) is 3.30. The summed E-state index contributed by atoms with van der Waals surface area (Å²) in [5.41, 5.74) is 0.471. The average Bonchev–Trinajstić information content (AvgIpc) is 2.54. The van der Waals surface area contributed by atoms with E-state index in [0.717, 1.165) is 12.3 Å². The van der Waals surface area contributed by atoms with Crippen LogP contribution in [-0.4, -0.2) is 17.6 Å². The number of carbonyl (C=O) groups excluding carboxylic acids is 1. The zero-order valence-electron chi connectivity index (χ0n) is 14.8. The molecule has 0 spiro atoms. The van der Waals surface area contributed by atoms with Crippen molar-refractivity contribution < 1.29 is 19.8 Å². The van der Waals surface area contributed by atoms with Gasteiger partial charge in [-0.05, 0) is 19.0 Å². The molecular formula is C16H15NO3. The number of ether oxygens (including phenoxy) is 2. The van der Waals surface area contributed by atoms with Crippen LogP contribution in [0.15, 0.2) is 61.0 Å². The van der Waals surface area contributed by atoms with Crippen molar-refractivity contribution in [1.82, 2.24) is 4.98 Å². The van der Waals surface area contributed by atoms with Gasteiger partial charge in [0, 0.05) is 23.5 Å². The van der Waals surface area contributed by atoms with Gasteiger partial charge in [0.1, 0.15) is 5.75 Å². The summed E-state index contributed by atoms with van der Waals surface area (Å²) in [6.45, 7) is 1.94. The Morgan fingerprint density at radius 3 is 3.15 bits per heavy atom. The van der Waals surface area contributed by atoms with Crippen LogP contribution in [0.25, 0.3) is 11.1 Å². The number of hydrogen-bond donors (Lipinski definition) is 0. The lowest BCUT2D eigenvalue weighted by Gasteiger charge is -2.07. The Hall–Kier alpha value is -2.62. The number of carbonyl (C=O) groups is 1. The molecule has 4 heteroatoms. The zero-order valence-corrected chi connectivity index (χ0v) is 10.8. The predicted octanol–water partition coefficient (Wildman–Crippen LogP) is 3.20. The van der Waals surface area contributed by atoms with Crippen molar-refractivity contribution in [2.45, 2.75) is 6.92 Å². The van der Waals surface area contributed by atoms with E-state index in [1.54, 1.807) is 31.2 Å². The molecule has 2 rings (SSSR count). The van der Waals surface area contributed by atoms with Crippen LogP contribution in [0, 0.1) is 0 Å². The minimum absolute atomic E-state index is 0.0936. The van der Waals surface area contributed by atoms with Gasteiger partial charge in [-0.3, -0.25) is 4.98 Å². The number of esters is 1. The first-order chi connectivity index (χ1) is 11.5. The molecule has 0 aliphatic heterocycles. The fraction of sp³-hybridized carbons (Fsp3) is 0.125. The number of rotatable bonds is 5. The first kappa shape index (κ1) is 9.31. The van der Waals surface area contributed by atoms with Crippen molar-refractivity contribution >= 4 is 5.97 Å². The van der Waals surface area contributed by atoms with E-state index in [0.29, 0.717) is 11.3 Å². The fourth-order valence-corrected chi connectivity index (χ4v) is 1.49. The third kappa shape index (κ3) is 3.68. The number of aromatic nitrogens is 1. The molecule has 0 radical (unpaired) electrons. The Labute approximate surface area is 123 Å². The third-order valence-electron chi connectivity index (χ3n) is 2.31. The van der Waals surface area contributed by atoms with Crippen molar-refractivity contribution in [1.29, 1.82) is 0 Å². The molecule has 1 aromatic carbocycles. The van der Waals surface area contributed by atoms with E-state index >= 15 is 0 Å². The quantitative estimate of drug-likeness (QED) is 0.477. The second-order valence-corrected chi connectivity index (χ2v) is 3.63. The first-order valence-electron chi connectivity index (χ1n) is 7.99. The van der Waals surface area contributed by atoms with Crippen LogP contribution >= 0.6 is 0 Å². The molecule has 0 saturated carbocycles. The van der Waals surface area contributed by atoms with Gasteiger partial charge in [0.25, 0.3) is 0 Å². The molecule has 0 amide bonds. The van der Waals surface area contributed by atoms with Gasteiger partial charge in [-0.15, -0.1) is 0 Å². The second kappa shape index (κ2) is 7.09. The Bertz CT molecular complexity index is 793. The van der Waals surface area contributed by atoms with E-state index in [2.05, 4.69) is 4.98 Å². The lowest BCUT2D eigenvalue weighted by Crippen LogP contribution is -1.99. The molecule has 4 nitrogen and oxygen atoms in total. The number of para-hydroxylation sites is 1. The van der Waals surface area contributed by atoms with Gasteiger partial charge in [-0.25, -0.2) is 4.79 Å². The number of benzene rings is 1. The van der Waals surface area contributed by atoms with Crippen molar-refractivity contribution in [3.63, 3.8) is 0 Å². The minimum Gasteiger partial charge on any atom is -0.464 e. The maximum absolute atomic E-state index is 11.3. The van der Waals surface area contributed by atoms with Gasteiger partial charge < -0.3 is 9.47 Å². The van der Waals surface area contributed by atoms with Crippen LogP contribution in [0.1, 0.15) is 12.4 Å². The van der Waals surface area contributed by atoms with Crippen molar-refractivity contribution in [3.8, 4) is 16.9 Å². The lowest BCUT2D eigenvalue weighted by molar-refractivity contribution is -0.137. The maximum atomic E-state index is 11.3. The average molecular weight is 273 g/mol. The topological polar surface area (TPSA) is 48.4 Å². The first-order valence-corrected chi connectivity index (χ1v) is 5.99. The van der Waals surface area contributed by atoms with E-state index < -0.39 is 12.1 Å². The monoisotopic (exact) mass is 273 g/mol. The molecule has 1 aromatic heterocycles. The van der Waals surface area contributed by atoms with Crippen molar-refractivity contribution in [3.05, 3.63) is 61.0 Å².